The molecule has 0 aliphatic carbocycles. The molecule has 1 heterocycles. The lowest BCUT2D eigenvalue weighted by atomic mass is 10.2. The zero-order valence-electron chi connectivity index (χ0n) is 6.26. The summed E-state index contributed by atoms with van der Waals surface area (Å²) < 4.78 is 15.4. The lowest BCUT2D eigenvalue weighted by molar-refractivity contribution is 0.623. The largest absolute Gasteiger partial charge is 0.237 e. The van der Waals surface area contributed by atoms with Crippen LogP contribution in [-0.4, -0.2) is 9.55 Å². The summed E-state index contributed by atoms with van der Waals surface area (Å²) in [4.78, 5) is 0. The van der Waals surface area contributed by atoms with E-state index in [9.17, 15) is 4.39 Å². The maximum Gasteiger partial charge on any atom is 0.138 e. The van der Waals surface area contributed by atoms with Gasteiger partial charge in [-0.05, 0) is 50.1 Å². The van der Waals surface area contributed by atoms with Gasteiger partial charge in [-0.1, -0.05) is 0 Å². The van der Waals surface area contributed by atoms with Crippen LogP contribution in [0.25, 0.3) is 10.9 Å². The molecule has 1 unspecified atom stereocenters. The average Bonchev–Trinajstić information content (AvgIpc) is 2.48. The van der Waals surface area contributed by atoms with Gasteiger partial charge in [-0.25, -0.2) is 8.84 Å². The lowest BCUT2D eigenvalue weighted by Gasteiger charge is -1.98. The highest BCUT2D eigenvalue weighted by Crippen LogP contribution is 2.30. The summed E-state index contributed by atoms with van der Waals surface area (Å²) in [5.41, 5.74) is 0.959. The van der Waals surface area contributed by atoms with Crippen molar-refractivity contribution in [1.82, 2.24) is 9.55 Å². The minimum Gasteiger partial charge on any atom is -0.237 e. The van der Waals surface area contributed by atoms with Crippen LogP contribution in [-0.2, 0) is 0 Å². The number of aromatic nitrogens is 2. The Morgan fingerprint density at radius 1 is 1.54 bits per heavy atom. The molecule has 1 aromatic heterocycles. The van der Waals surface area contributed by atoms with Crippen molar-refractivity contribution in [3.63, 3.8) is 0 Å². The van der Waals surface area contributed by atoms with Crippen molar-refractivity contribution < 1.29 is 4.39 Å². The first-order valence-electron chi connectivity index (χ1n) is 3.42. The van der Waals surface area contributed by atoms with Crippen LogP contribution >= 0.6 is 44.3 Å². The first-order valence-corrected chi connectivity index (χ1v) is 8.27. The van der Waals surface area contributed by atoms with Gasteiger partial charge in [0.25, 0.3) is 0 Å². The number of hydrogen-bond acceptors (Lipinski definition) is 1. The second-order valence-electron chi connectivity index (χ2n) is 2.47. The Labute approximate surface area is 97.3 Å². The van der Waals surface area contributed by atoms with Crippen molar-refractivity contribution in [2.75, 3.05) is 0 Å². The molecule has 0 N–H and O–H groups in total. The summed E-state index contributed by atoms with van der Waals surface area (Å²) in [7, 11) is 0. The van der Waals surface area contributed by atoms with Gasteiger partial charge in [0, 0.05) is 5.39 Å². The highest BCUT2D eigenvalue weighted by molar-refractivity contribution is 14.2. The smallest absolute Gasteiger partial charge is 0.138 e. The number of rotatable bonds is 1. The summed E-state index contributed by atoms with van der Waals surface area (Å²) >= 11 is 5.39. The molecule has 0 saturated heterocycles. The average molecular weight is 373 g/mol. The Bertz CT molecular complexity index is 459. The molecular weight excluding hydrogens is 369 g/mol. The van der Waals surface area contributed by atoms with Gasteiger partial charge in [0.2, 0.25) is 0 Å². The fourth-order valence-electron chi connectivity index (χ4n) is 1.09. The molecule has 1 aromatic carbocycles. The topological polar surface area (TPSA) is 17.8 Å². The van der Waals surface area contributed by atoms with Gasteiger partial charge in [-0.3, -0.25) is 0 Å². The first-order chi connectivity index (χ1) is 6.22. The standard InChI is InChI=1S/C7H4BrFIN2P/c8-5-2-7-4(1-6(5)9)3-11-12(7)13-10/h1-3,13H. The van der Waals surface area contributed by atoms with Gasteiger partial charge in [-0.15, -0.1) is 0 Å². The molecule has 13 heavy (non-hydrogen) atoms. The monoisotopic (exact) mass is 372 g/mol. The summed E-state index contributed by atoms with van der Waals surface area (Å²) in [6, 6.07) is 3.24. The third-order valence-corrected chi connectivity index (χ3v) is 4.19. The molecule has 0 spiro atoms. The molecule has 2 nitrogen and oxygen atoms in total. The zero-order chi connectivity index (χ0) is 9.42. The van der Waals surface area contributed by atoms with Crippen molar-refractivity contribution in [2.45, 2.75) is 0 Å². The predicted octanol–water partition coefficient (Wildman–Crippen LogP) is 3.73. The molecule has 68 valence electrons. The van der Waals surface area contributed by atoms with E-state index in [1.54, 1.807) is 12.3 Å². The fraction of sp³-hybridized carbons (Fsp3) is 0. The second-order valence-corrected chi connectivity index (χ2v) is 5.36. The third kappa shape index (κ3) is 1.74. The number of fused-ring (bicyclic) bond motifs is 1. The molecular formula is C7H4BrFIN2P. The van der Waals surface area contributed by atoms with Crippen LogP contribution < -0.4 is 0 Å². The van der Waals surface area contributed by atoms with E-state index in [2.05, 4.69) is 43.1 Å². The van der Waals surface area contributed by atoms with E-state index >= 15 is 0 Å². The Hall–Kier alpha value is 0.260. The first kappa shape index (κ1) is 9.80. The van der Waals surface area contributed by atoms with Crippen LogP contribution in [0.5, 0.6) is 0 Å². The molecule has 0 saturated carbocycles. The Balaban J connectivity index is 2.77. The molecule has 2 rings (SSSR count). The van der Waals surface area contributed by atoms with E-state index in [4.69, 9.17) is 0 Å². The molecule has 0 aliphatic heterocycles. The highest BCUT2D eigenvalue weighted by atomic mass is 127. The molecule has 0 fully saturated rings. The summed E-state index contributed by atoms with van der Waals surface area (Å²) in [6.45, 7) is 0. The van der Waals surface area contributed by atoms with E-state index in [0.29, 0.717) is 10.8 Å². The Morgan fingerprint density at radius 3 is 3.00 bits per heavy atom. The number of benzene rings is 1. The molecule has 0 amide bonds. The van der Waals surface area contributed by atoms with Crippen LogP contribution in [0.15, 0.2) is 22.8 Å². The van der Waals surface area contributed by atoms with Gasteiger partial charge < -0.3 is 0 Å². The Morgan fingerprint density at radius 2 is 2.31 bits per heavy atom. The van der Waals surface area contributed by atoms with Crippen molar-refractivity contribution in [1.29, 1.82) is 0 Å². The van der Waals surface area contributed by atoms with Gasteiger partial charge >= 0.3 is 0 Å². The zero-order valence-corrected chi connectivity index (χ0v) is 11.0. The van der Waals surface area contributed by atoms with Crippen LogP contribution in [0.3, 0.4) is 0 Å². The molecule has 6 heteroatoms. The van der Waals surface area contributed by atoms with Crippen LogP contribution in [0.4, 0.5) is 4.39 Å². The normalized spacial score (nSPS) is 11.9. The van der Waals surface area contributed by atoms with E-state index in [1.165, 1.54) is 6.07 Å². The highest BCUT2D eigenvalue weighted by Gasteiger charge is 2.06. The van der Waals surface area contributed by atoms with Crippen molar-refractivity contribution >= 4 is 55.2 Å². The second kappa shape index (κ2) is 3.79. The van der Waals surface area contributed by atoms with E-state index in [-0.39, 0.29) is 5.82 Å². The van der Waals surface area contributed by atoms with Gasteiger partial charge in [-0.2, -0.15) is 5.10 Å². The molecule has 1 atom stereocenters. The maximum absolute atomic E-state index is 13.1. The maximum atomic E-state index is 13.1. The van der Waals surface area contributed by atoms with Crippen LogP contribution in [0, 0.1) is 5.82 Å². The molecule has 0 radical (unpaired) electrons. The Kier molecular flexibility index (Phi) is 2.86. The number of hydrogen-bond donors (Lipinski definition) is 0. The molecule has 0 bridgehead atoms. The van der Waals surface area contributed by atoms with Crippen molar-refractivity contribution in [2.24, 2.45) is 0 Å². The fourth-order valence-corrected chi connectivity index (χ4v) is 2.96. The van der Waals surface area contributed by atoms with Gasteiger partial charge in [0.15, 0.2) is 0 Å². The summed E-state index contributed by atoms with van der Waals surface area (Å²) in [5, 5.41) is 4.97. The molecule has 0 aliphatic rings. The van der Waals surface area contributed by atoms with Crippen molar-refractivity contribution in [3.8, 4) is 0 Å². The SMILES string of the molecule is Fc1cc2cnn(PI)c2cc1Br. The summed E-state index contributed by atoms with van der Waals surface area (Å²) in [5.74, 6) is -0.246. The minimum atomic E-state index is -0.246. The summed E-state index contributed by atoms with van der Waals surface area (Å²) in [6.07, 6.45) is 2.21. The molecule has 2 aromatic rings. The van der Waals surface area contributed by atoms with Gasteiger partial charge in [0.1, 0.15) is 5.82 Å². The van der Waals surface area contributed by atoms with Crippen LogP contribution in [0.1, 0.15) is 0 Å². The minimum absolute atomic E-state index is 0.246. The predicted molar refractivity (Wildman–Crippen MR) is 65.1 cm³/mol. The third-order valence-electron chi connectivity index (χ3n) is 1.69. The van der Waals surface area contributed by atoms with Crippen molar-refractivity contribution in [3.05, 3.63) is 28.6 Å². The van der Waals surface area contributed by atoms with E-state index < -0.39 is 0 Å². The van der Waals surface area contributed by atoms with E-state index in [1.807, 2.05) is 4.45 Å². The number of nitrogens with zero attached hydrogens (tertiary/aromatic N) is 2. The lowest BCUT2D eigenvalue weighted by Crippen LogP contribution is -1.83. The van der Waals surface area contributed by atoms with E-state index in [0.717, 1.165) is 10.9 Å². The van der Waals surface area contributed by atoms with Crippen LogP contribution in [0.2, 0.25) is 0 Å². The quantitative estimate of drug-likeness (QED) is 0.551. The van der Waals surface area contributed by atoms with Gasteiger partial charge in [0.05, 0.1) is 22.6 Å². The number of halogens is 3.